The summed E-state index contributed by atoms with van der Waals surface area (Å²) in [5, 5.41) is 1.06. The topological polar surface area (TPSA) is 64.5 Å². The van der Waals surface area contributed by atoms with Gasteiger partial charge in [0.25, 0.3) is 0 Å². The normalized spacial score (nSPS) is 11.4. The molecule has 3 aromatic heterocycles. The molecule has 1 aromatic carbocycles. The van der Waals surface area contributed by atoms with Gasteiger partial charge < -0.3 is 0 Å². The predicted octanol–water partition coefficient (Wildman–Crippen LogP) is 6.71. The first-order chi connectivity index (χ1) is 14.6. The van der Waals surface area contributed by atoms with E-state index in [1.807, 2.05) is 26.1 Å². The van der Waals surface area contributed by atoms with Gasteiger partial charge in [0.15, 0.2) is 0 Å². The van der Waals surface area contributed by atoms with Gasteiger partial charge in [-0.2, -0.15) is 0 Å². The van der Waals surface area contributed by atoms with Crippen LogP contribution < -0.4 is 0 Å². The van der Waals surface area contributed by atoms with Gasteiger partial charge in [0.05, 0.1) is 22.2 Å². The Morgan fingerprint density at radius 1 is 0.833 bits per heavy atom. The highest BCUT2D eigenvalue weighted by Crippen LogP contribution is 2.23. The van der Waals surface area contributed by atoms with Crippen LogP contribution >= 0.6 is 0 Å². The quantitative estimate of drug-likeness (QED) is 0.379. The maximum absolute atomic E-state index is 4.32. The van der Waals surface area contributed by atoms with Gasteiger partial charge in [0.2, 0.25) is 0 Å². The maximum Gasteiger partial charge on any atom is 0.116 e. The summed E-state index contributed by atoms with van der Waals surface area (Å²) in [7, 11) is 0. The van der Waals surface area contributed by atoms with Crippen molar-refractivity contribution >= 4 is 21.9 Å². The monoisotopic (exact) mass is 403 g/mol. The lowest BCUT2D eigenvalue weighted by Gasteiger charge is -2.10. The Hall–Kier alpha value is -2.95. The van der Waals surface area contributed by atoms with Gasteiger partial charge in [-0.1, -0.05) is 54.0 Å². The van der Waals surface area contributed by atoms with E-state index in [1.54, 1.807) is 24.9 Å². The molecule has 5 nitrogen and oxygen atoms in total. The molecule has 0 fully saturated rings. The molecule has 0 aliphatic carbocycles. The second-order valence-electron chi connectivity index (χ2n) is 7.31. The Labute approximate surface area is 180 Å². The minimum atomic E-state index is 0.401. The number of aromatic nitrogens is 5. The maximum atomic E-state index is 4.32. The molecule has 0 N–H and O–H groups in total. The lowest BCUT2D eigenvalue weighted by atomic mass is 9.96. The molecule has 3 heterocycles. The molecule has 0 aliphatic heterocycles. The van der Waals surface area contributed by atoms with Crippen LogP contribution in [0.5, 0.6) is 0 Å². The zero-order valence-corrected chi connectivity index (χ0v) is 19.0. The molecule has 0 radical (unpaired) electrons. The van der Waals surface area contributed by atoms with Crippen LogP contribution in [0.25, 0.3) is 21.9 Å². The average Bonchev–Trinajstić information content (AvgIpc) is 2.80. The molecule has 158 valence electrons. The number of nitrogens with zero attached hydrogens (tertiary/aromatic N) is 5. The fourth-order valence-corrected chi connectivity index (χ4v) is 3.24. The Morgan fingerprint density at radius 3 is 2.27 bits per heavy atom. The van der Waals surface area contributed by atoms with Crippen molar-refractivity contribution in [2.75, 3.05) is 0 Å². The highest BCUT2D eigenvalue weighted by atomic mass is 14.8. The molecule has 0 saturated carbocycles. The summed E-state index contributed by atoms with van der Waals surface area (Å²) in [5.74, 6) is 1.01. The number of pyridine rings is 1. The van der Waals surface area contributed by atoms with E-state index >= 15 is 0 Å². The number of rotatable bonds is 4. The molecule has 1 atom stereocenters. The summed E-state index contributed by atoms with van der Waals surface area (Å²) in [4.78, 5) is 21.1. The van der Waals surface area contributed by atoms with Gasteiger partial charge in [-0.3, -0.25) is 15.0 Å². The van der Waals surface area contributed by atoms with Crippen LogP contribution in [0.1, 0.15) is 77.5 Å². The van der Waals surface area contributed by atoms with E-state index in [2.05, 4.69) is 70.8 Å². The number of fused-ring (bicyclic) bond motifs is 2. The molecule has 4 aromatic rings. The summed E-state index contributed by atoms with van der Waals surface area (Å²) in [6, 6.07) is 8.31. The van der Waals surface area contributed by atoms with Gasteiger partial charge in [0.1, 0.15) is 6.33 Å². The first-order valence-electron chi connectivity index (χ1n) is 10.9. The van der Waals surface area contributed by atoms with Crippen molar-refractivity contribution in [2.24, 2.45) is 0 Å². The molecule has 0 saturated heterocycles. The molecule has 0 aliphatic rings. The predicted molar refractivity (Wildman–Crippen MR) is 126 cm³/mol. The third kappa shape index (κ3) is 6.02. The van der Waals surface area contributed by atoms with Crippen molar-refractivity contribution in [1.82, 2.24) is 24.9 Å². The lowest BCUT2D eigenvalue weighted by Crippen LogP contribution is -1.95. The third-order valence-corrected chi connectivity index (χ3v) is 4.78. The van der Waals surface area contributed by atoms with Crippen LogP contribution in [0.3, 0.4) is 0 Å². The summed E-state index contributed by atoms with van der Waals surface area (Å²) < 4.78 is 0. The van der Waals surface area contributed by atoms with E-state index < -0.39 is 0 Å². The SMILES string of the molecule is CC.CC(C)c1nccc2cncnc12.CCCC(C)c1ccc2nccnc2c1. The van der Waals surface area contributed by atoms with Gasteiger partial charge in [-0.25, -0.2) is 9.97 Å². The zero-order valence-electron chi connectivity index (χ0n) is 19.0. The number of hydrogen-bond donors (Lipinski definition) is 0. The van der Waals surface area contributed by atoms with E-state index in [0.717, 1.165) is 27.6 Å². The van der Waals surface area contributed by atoms with Crippen molar-refractivity contribution in [1.29, 1.82) is 0 Å². The third-order valence-electron chi connectivity index (χ3n) is 4.78. The fourth-order valence-electron chi connectivity index (χ4n) is 3.24. The highest BCUT2D eigenvalue weighted by molar-refractivity contribution is 5.79. The number of benzene rings is 1. The molecule has 30 heavy (non-hydrogen) atoms. The van der Waals surface area contributed by atoms with Gasteiger partial charge in [0, 0.05) is 30.2 Å². The van der Waals surface area contributed by atoms with Crippen LogP contribution in [-0.4, -0.2) is 24.9 Å². The van der Waals surface area contributed by atoms with Gasteiger partial charge in [-0.05, 0) is 42.0 Å². The largest absolute Gasteiger partial charge is 0.259 e. The van der Waals surface area contributed by atoms with Crippen LogP contribution in [0, 0.1) is 0 Å². The smallest absolute Gasteiger partial charge is 0.116 e. The van der Waals surface area contributed by atoms with Gasteiger partial charge in [-0.15, -0.1) is 0 Å². The lowest BCUT2D eigenvalue weighted by molar-refractivity contribution is 0.665. The summed E-state index contributed by atoms with van der Waals surface area (Å²) in [5.41, 5.74) is 5.35. The van der Waals surface area contributed by atoms with Crippen molar-refractivity contribution < 1.29 is 0 Å². The average molecular weight is 404 g/mol. The summed E-state index contributed by atoms with van der Waals surface area (Å²) in [6.45, 7) is 12.7. The van der Waals surface area contributed by atoms with E-state index in [1.165, 1.54) is 18.4 Å². The molecule has 0 spiro atoms. The molecule has 0 amide bonds. The van der Waals surface area contributed by atoms with Crippen LogP contribution in [0.4, 0.5) is 0 Å². The minimum Gasteiger partial charge on any atom is -0.259 e. The molecule has 5 heteroatoms. The van der Waals surface area contributed by atoms with E-state index in [-0.39, 0.29) is 0 Å². The Bertz CT molecular complexity index is 1040. The van der Waals surface area contributed by atoms with Gasteiger partial charge >= 0.3 is 0 Å². The van der Waals surface area contributed by atoms with Crippen molar-refractivity contribution in [3.63, 3.8) is 0 Å². The molecule has 1 unspecified atom stereocenters. The molecule has 4 rings (SSSR count). The van der Waals surface area contributed by atoms with Crippen LogP contribution in [0.2, 0.25) is 0 Å². The zero-order chi connectivity index (χ0) is 21.9. The molecule has 0 bridgehead atoms. The van der Waals surface area contributed by atoms with Crippen molar-refractivity contribution in [3.8, 4) is 0 Å². The van der Waals surface area contributed by atoms with Crippen LogP contribution in [0.15, 0.2) is 55.4 Å². The standard InChI is InChI=1S/C13H16N2.C10H11N3.C2H6/c1-3-4-10(2)11-5-6-12-13(9-11)15-8-7-14-12;1-7(2)9-10-8(3-4-12-9)5-11-6-13-10;1-2/h5-10H,3-4H2,1-2H3;3-7H,1-2H3;1-2H3. The highest BCUT2D eigenvalue weighted by Gasteiger charge is 2.07. The van der Waals surface area contributed by atoms with E-state index in [9.17, 15) is 0 Å². The molecular formula is C25H33N5. The minimum absolute atomic E-state index is 0.401. The second-order valence-corrected chi connectivity index (χ2v) is 7.31. The summed E-state index contributed by atoms with van der Waals surface area (Å²) in [6.07, 6.45) is 11.1. The van der Waals surface area contributed by atoms with Crippen molar-refractivity contribution in [3.05, 3.63) is 66.6 Å². The first-order valence-corrected chi connectivity index (χ1v) is 10.9. The van der Waals surface area contributed by atoms with E-state index in [0.29, 0.717) is 11.8 Å². The second kappa shape index (κ2) is 11.9. The van der Waals surface area contributed by atoms with Crippen molar-refractivity contribution in [2.45, 2.75) is 66.2 Å². The Balaban J connectivity index is 0.000000199. The summed E-state index contributed by atoms with van der Waals surface area (Å²) >= 11 is 0. The van der Waals surface area contributed by atoms with Crippen LogP contribution in [-0.2, 0) is 0 Å². The van der Waals surface area contributed by atoms with E-state index in [4.69, 9.17) is 0 Å². The Kier molecular flexibility index (Phi) is 9.26. The first kappa shape index (κ1) is 23.3. The molecular weight excluding hydrogens is 370 g/mol. The number of hydrogen-bond acceptors (Lipinski definition) is 5. The fraction of sp³-hybridized carbons (Fsp3) is 0.400. The Morgan fingerprint density at radius 2 is 1.57 bits per heavy atom.